The lowest BCUT2D eigenvalue weighted by atomic mass is 10.2. The van der Waals surface area contributed by atoms with Gasteiger partial charge in [-0.2, -0.15) is 0 Å². The lowest BCUT2D eigenvalue weighted by Crippen LogP contribution is -2.48. The number of carbonyl (C=O) groups is 2. The molecule has 0 aromatic heterocycles. The molecule has 1 unspecified atom stereocenters. The van der Waals surface area contributed by atoms with Gasteiger partial charge in [0, 0.05) is 26.6 Å². The molecule has 0 aliphatic carbocycles. The second-order valence-electron chi connectivity index (χ2n) is 3.69. The number of likely N-dealkylation sites (tertiary alicyclic amines) is 1. The van der Waals surface area contributed by atoms with Gasteiger partial charge in [0.05, 0.1) is 6.10 Å². The first-order valence-corrected chi connectivity index (χ1v) is 4.95. The Morgan fingerprint density at radius 3 is 2.69 bits per heavy atom. The number of ether oxygens (including phenoxy) is 1. The molecule has 0 saturated carbocycles. The Bertz CT molecular complexity index is 279. The van der Waals surface area contributed by atoms with Crippen molar-refractivity contribution in [2.45, 2.75) is 24.7 Å². The van der Waals surface area contributed by atoms with Gasteiger partial charge >= 0.3 is 5.97 Å². The summed E-state index contributed by atoms with van der Waals surface area (Å²) < 4.78 is 4.85. The lowest BCUT2D eigenvalue weighted by Gasteiger charge is -2.24. The third-order valence-corrected chi connectivity index (χ3v) is 2.62. The van der Waals surface area contributed by atoms with Crippen molar-refractivity contribution >= 4 is 11.9 Å². The summed E-state index contributed by atoms with van der Waals surface area (Å²) in [6.07, 6.45) is -1.62. The molecule has 0 aromatic rings. The molecule has 1 fully saturated rings. The molecule has 1 rings (SSSR count). The van der Waals surface area contributed by atoms with Gasteiger partial charge in [-0.3, -0.25) is 4.79 Å². The Morgan fingerprint density at radius 2 is 2.25 bits per heavy atom. The summed E-state index contributed by atoms with van der Waals surface area (Å²) in [5, 5.41) is 18.3. The van der Waals surface area contributed by atoms with Crippen LogP contribution in [-0.4, -0.2) is 65.4 Å². The number of rotatable bonds is 4. The fourth-order valence-corrected chi connectivity index (χ4v) is 1.77. The monoisotopic (exact) mass is 232 g/mol. The summed E-state index contributed by atoms with van der Waals surface area (Å²) >= 11 is 0. The molecule has 1 saturated heterocycles. The highest BCUT2D eigenvalue weighted by Gasteiger charge is 2.40. The minimum Gasteiger partial charge on any atom is -0.480 e. The molecule has 0 bridgehead atoms. The number of carboxylic acids is 1. The summed E-state index contributed by atoms with van der Waals surface area (Å²) in [6.45, 7) is -0.00999. The number of aliphatic hydroxyl groups is 1. The highest BCUT2D eigenvalue weighted by Crippen LogP contribution is 2.19. The topological polar surface area (TPSA) is 113 Å². The van der Waals surface area contributed by atoms with Crippen LogP contribution in [0.15, 0.2) is 0 Å². The van der Waals surface area contributed by atoms with E-state index in [1.54, 1.807) is 0 Å². The molecule has 0 spiro atoms. The molecule has 0 radical (unpaired) electrons. The number of amides is 1. The van der Waals surface area contributed by atoms with Crippen LogP contribution >= 0.6 is 0 Å². The van der Waals surface area contributed by atoms with E-state index < -0.39 is 30.1 Å². The number of carbonyl (C=O) groups excluding carboxylic acids is 1. The average Bonchev–Trinajstić information content (AvgIpc) is 2.62. The zero-order valence-corrected chi connectivity index (χ0v) is 9.00. The van der Waals surface area contributed by atoms with E-state index in [2.05, 4.69) is 0 Å². The summed E-state index contributed by atoms with van der Waals surface area (Å²) in [6, 6.07) is -0.994. The lowest BCUT2D eigenvalue weighted by molar-refractivity contribution is -0.152. The van der Waals surface area contributed by atoms with Crippen molar-refractivity contribution in [1.82, 2.24) is 4.90 Å². The molecule has 3 atom stereocenters. The second kappa shape index (κ2) is 5.24. The van der Waals surface area contributed by atoms with Crippen molar-refractivity contribution in [2.24, 2.45) is 5.73 Å². The number of nitrogens with zero attached hydrogens (tertiary/aromatic N) is 1. The summed E-state index contributed by atoms with van der Waals surface area (Å²) in [7, 11) is 1.33. The van der Waals surface area contributed by atoms with E-state index in [4.69, 9.17) is 15.6 Å². The van der Waals surface area contributed by atoms with E-state index in [0.29, 0.717) is 0 Å². The predicted molar refractivity (Wildman–Crippen MR) is 53.6 cm³/mol. The zero-order valence-electron chi connectivity index (χ0n) is 9.00. The van der Waals surface area contributed by atoms with Gasteiger partial charge in [-0.1, -0.05) is 0 Å². The third kappa shape index (κ3) is 2.49. The van der Waals surface area contributed by atoms with Crippen molar-refractivity contribution in [3.05, 3.63) is 0 Å². The maximum absolute atomic E-state index is 11.8. The maximum atomic E-state index is 11.8. The number of hydrogen-bond donors (Lipinski definition) is 3. The van der Waals surface area contributed by atoms with Crippen molar-refractivity contribution in [3.8, 4) is 0 Å². The third-order valence-electron chi connectivity index (χ3n) is 2.62. The number of nitrogens with two attached hydrogens (primary N) is 1. The number of methoxy groups -OCH3 is 1. The smallest absolute Gasteiger partial charge is 0.326 e. The van der Waals surface area contributed by atoms with Gasteiger partial charge in [0.2, 0.25) is 0 Å². The maximum Gasteiger partial charge on any atom is 0.326 e. The number of β-amino-alcohol motifs (C(OH)–C–C–N with tert-alkyl or cyclic N) is 1. The highest BCUT2D eigenvalue weighted by atomic mass is 16.5. The molecule has 7 heteroatoms. The van der Waals surface area contributed by atoms with Crippen molar-refractivity contribution in [3.63, 3.8) is 0 Å². The van der Waals surface area contributed by atoms with Crippen LogP contribution in [0.2, 0.25) is 0 Å². The summed E-state index contributed by atoms with van der Waals surface area (Å²) in [5.74, 6) is -1.62. The number of carboxylic acid groups (broad SMARTS) is 1. The molecule has 1 heterocycles. The largest absolute Gasteiger partial charge is 0.480 e. The molecule has 7 nitrogen and oxygen atoms in total. The van der Waals surface area contributed by atoms with Crippen LogP contribution < -0.4 is 5.73 Å². The first-order chi connectivity index (χ1) is 7.51. The minimum atomic E-state index is -1.13. The quantitative estimate of drug-likeness (QED) is 0.517. The molecule has 16 heavy (non-hydrogen) atoms. The average molecular weight is 232 g/mol. The van der Waals surface area contributed by atoms with Gasteiger partial charge < -0.3 is 25.6 Å². The van der Waals surface area contributed by atoms with Gasteiger partial charge in [-0.25, -0.2) is 4.79 Å². The van der Waals surface area contributed by atoms with Gasteiger partial charge in [0.1, 0.15) is 12.1 Å². The van der Waals surface area contributed by atoms with Crippen LogP contribution in [0.1, 0.15) is 6.42 Å². The first-order valence-electron chi connectivity index (χ1n) is 4.95. The Morgan fingerprint density at radius 1 is 1.62 bits per heavy atom. The Kier molecular flexibility index (Phi) is 4.22. The van der Waals surface area contributed by atoms with Gasteiger partial charge in [0.25, 0.3) is 5.91 Å². The molecule has 4 N–H and O–H groups in total. The van der Waals surface area contributed by atoms with Crippen LogP contribution in [-0.2, 0) is 14.3 Å². The van der Waals surface area contributed by atoms with Crippen LogP contribution in [0.5, 0.6) is 0 Å². The fraction of sp³-hybridized carbons (Fsp3) is 0.778. The molecular weight excluding hydrogens is 216 g/mol. The molecule has 1 aliphatic rings. The normalized spacial score (nSPS) is 26.8. The van der Waals surface area contributed by atoms with E-state index in [1.165, 1.54) is 7.11 Å². The number of aliphatic carboxylic acids is 1. The zero-order chi connectivity index (χ0) is 12.3. The number of hydrogen-bond acceptors (Lipinski definition) is 5. The SMILES string of the molecule is COC(CN)C(=O)N1C[C@H](O)C[C@@H]1C(=O)O. The van der Waals surface area contributed by atoms with E-state index in [9.17, 15) is 14.7 Å². The van der Waals surface area contributed by atoms with Gasteiger partial charge in [-0.15, -0.1) is 0 Å². The van der Waals surface area contributed by atoms with Gasteiger partial charge in [0.15, 0.2) is 0 Å². The van der Waals surface area contributed by atoms with Crippen LogP contribution in [0.25, 0.3) is 0 Å². The predicted octanol–water partition coefficient (Wildman–Crippen LogP) is -1.99. The molecule has 0 aromatic carbocycles. The van der Waals surface area contributed by atoms with Crippen LogP contribution in [0, 0.1) is 0 Å². The van der Waals surface area contributed by atoms with Crippen LogP contribution in [0.3, 0.4) is 0 Å². The van der Waals surface area contributed by atoms with Crippen molar-refractivity contribution in [1.29, 1.82) is 0 Å². The molecule has 1 amide bonds. The molecular formula is C9H16N2O5. The number of aliphatic hydroxyl groups excluding tert-OH is 1. The molecule has 1 aliphatic heterocycles. The van der Waals surface area contributed by atoms with Crippen molar-refractivity contribution in [2.75, 3.05) is 20.2 Å². The second-order valence-corrected chi connectivity index (χ2v) is 3.69. The fourth-order valence-electron chi connectivity index (χ4n) is 1.77. The Labute approximate surface area is 92.8 Å². The standard InChI is InChI=1S/C9H16N2O5/c1-16-7(3-10)8(13)11-4-5(12)2-6(11)9(14)15/h5-7,12H,2-4,10H2,1H3,(H,14,15)/t5-,6-,7?/m1/s1. The molecule has 92 valence electrons. The first kappa shape index (κ1) is 12.9. The minimum absolute atomic E-state index is 0.00958. The van der Waals surface area contributed by atoms with Gasteiger partial charge in [-0.05, 0) is 0 Å². The summed E-state index contributed by atoms with van der Waals surface area (Å²) in [5.41, 5.74) is 5.33. The van der Waals surface area contributed by atoms with E-state index >= 15 is 0 Å². The van der Waals surface area contributed by atoms with E-state index in [-0.39, 0.29) is 19.5 Å². The van der Waals surface area contributed by atoms with Crippen molar-refractivity contribution < 1.29 is 24.5 Å². The summed E-state index contributed by atoms with van der Waals surface area (Å²) in [4.78, 5) is 23.8. The van der Waals surface area contributed by atoms with Crippen LogP contribution in [0.4, 0.5) is 0 Å². The Balaban J connectivity index is 2.77. The Hall–Kier alpha value is -1.18. The van der Waals surface area contributed by atoms with E-state index in [1.807, 2.05) is 0 Å². The highest BCUT2D eigenvalue weighted by molar-refractivity contribution is 5.87. The van der Waals surface area contributed by atoms with E-state index in [0.717, 1.165) is 4.90 Å².